The van der Waals surface area contributed by atoms with Crippen molar-refractivity contribution >= 4 is 0 Å². The van der Waals surface area contributed by atoms with Crippen molar-refractivity contribution in [2.45, 2.75) is 26.2 Å². The van der Waals surface area contributed by atoms with Crippen LogP contribution in [0.5, 0.6) is 0 Å². The molecule has 0 aliphatic heterocycles. The molecule has 0 saturated heterocycles. The average Bonchev–Trinajstić information content (AvgIpc) is 1.96. The Kier molecular flexibility index (Phi) is 7.23. The van der Waals surface area contributed by atoms with Gasteiger partial charge in [0.25, 0.3) is 0 Å². The van der Waals surface area contributed by atoms with Crippen LogP contribution in [0.15, 0.2) is 17.9 Å². The molecule has 11 heavy (non-hydrogen) atoms. The Balaban J connectivity index is 3.32. The summed E-state index contributed by atoms with van der Waals surface area (Å²) in [6, 6.07) is 0. The lowest BCUT2D eigenvalue weighted by Crippen LogP contribution is -2.09. The molecular weight excluding hydrogens is 134 g/mol. The van der Waals surface area contributed by atoms with Crippen molar-refractivity contribution in [1.29, 1.82) is 0 Å². The second kappa shape index (κ2) is 7.59. The lowest BCUT2D eigenvalue weighted by atomic mass is 10.2. The number of unbranched alkanes of at least 4 members (excludes halogenated alkanes) is 2. The maximum Gasteiger partial charge on any atom is 0.0232 e. The summed E-state index contributed by atoms with van der Waals surface area (Å²) in [5.74, 6) is 0. The van der Waals surface area contributed by atoms with E-state index in [0.29, 0.717) is 0 Å². The molecule has 0 heterocycles. The zero-order valence-electron chi connectivity index (χ0n) is 7.93. The van der Waals surface area contributed by atoms with Gasteiger partial charge in [-0.1, -0.05) is 13.3 Å². The van der Waals surface area contributed by atoms with Crippen molar-refractivity contribution in [3.05, 3.63) is 17.9 Å². The van der Waals surface area contributed by atoms with Gasteiger partial charge < -0.3 is 4.90 Å². The quantitative estimate of drug-likeness (QED) is 0.433. The van der Waals surface area contributed by atoms with Gasteiger partial charge in [-0.05, 0) is 39.1 Å². The summed E-state index contributed by atoms with van der Waals surface area (Å²) in [7, 11) is 4.12. The highest BCUT2D eigenvalue weighted by Gasteiger charge is 1.79. The van der Waals surface area contributed by atoms with E-state index in [0.717, 1.165) is 6.54 Å². The van der Waals surface area contributed by atoms with Crippen LogP contribution in [0.2, 0.25) is 0 Å². The highest BCUT2D eigenvalue weighted by molar-refractivity contribution is 4.85. The molecule has 0 bridgehead atoms. The van der Waals surface area contributed by atoms with Crippen molar-refractivity contribution in [3.63, 3.8) is 0 Å². The molecule has 0 fully saturated rings. The van der Waals surface area contributed by atoms with Gasteiger partial charge in [0.1, 0.15) is 0 Å². The summed E-state index contributed by atoms with van der Waals surface area (Å²) in [5.41, 5.74) is 3.16. The second-order valence-electron chi connectivity index (χ2n) is 2.98. The lowest BCUT2D eigenvalue weighted by molar-refractivity contribution is 0.456. The largest absolute Gasteiger partial charge is 0.305 e. The fourth-order valence-electron chi connectivity index (χ4n) is 0.708. The Morgan fingerprint density at radius 3 is 2.55 bits per heavy atom. The van der Waals surface area contributed by atoms with Crippen LogP contribution in [-0.2, 0) is 0 Å². The van der Waals surface area contributed by atoms with E-state index in [9.17, 15) is 0 Å². The van der Waals surface area contributed by atoms with E-state index in [2.05, 4.69) is 43.8 Å². The summed E-state index contributed by atoms with van der Waals surface area (Å²) in [6.07, 6.45) is 7.90. The Hall–Kier alpha value is -0.520. The third kappa shape index (κ3) is 9.48. The molecule has 0 aromatic heterocycles. The molecule has 1 heteroatoms. The molecule has 0 amide bonds. The van der Waals surface area contributed by atoms with Crippen molar-refractivity contribution < 1.29 is 0 Å². The molecule has 0 N–H and O–H groups in total. The number of nitrogens with zero attached hydrogens (tertiary/aromatic N) is 1. The third-order valence-electron chi connectivity index (χ3n) is 1.39. The Morgan fingerprint density at radius 1 is 1.27 bits per heavy atom. The molecule has 0 aromatic carbocycles. The predicted molar refractivity (Wildman–Crippen MR) is 50.7 cm³/mol. The molecule has 0 radical (unpaired) electrons. The molecule has 0 unspecified atom stereocenters. The van der Waals surface area contributed by atoms with Crippen LogP contribution in [0.1, 0.15) is 26.2 Å². The normalized spacial score (nSPS) is 9.45. The summed E-state index contributed by atoms with van der Waals surface area (Å²) < 4.78 is 0. The first-order chi connectivity index (χ1) is 5.27. The molecule has 0 spiro atoms. The molecule has 64 valence electrons. The van der Waals surface area contributed by atoms with E-state index in [1.807, 2.05) is 0 Å². The Morgan fingerprint density at radius 2 is 2.00 bits per heavy atom. The van der Waals surface area contributed by atoms with Crippen molar-refractivity contribution in [2.75, 3.05) is 20.6 Å². The highest BCUT2D eigenvalue weighted by Crippen LogP contribution is 1.93. The van der Waals surface area contributed by atoms with E-state index >= 15 is 0 Å². The van der Waals surface area contributed by atoms with Gasteiger partial charge in [0, 0.05) is 6.54 Å². The standard InChI is InChI=1S/C10H19N/c1-4-5-6-7-8-9-10-11(2)3/h7,9H,4-6,10H2,1-3H3. The van der Waals surface area contributed by atoms with Gasteiger partial charge in [0.05, 0.1) is 0 Å². The topological polar surface area (TPSA) is 3.24 Å². The van der Waals surface area contributed by atoms with Crippen molar-refractivity contribution in [3.8, 4) is 0 Å². The molecular formula is C10H19N. The van der Waals surface area contributed by atoms with E-state index < -0.39 is 0 Å². The summed E-state index contributed by atoms with van der Waals surface area (Å²) in [5, 5.41) is 0. The molecule has 0 saturated carbocycles. The number of likely N-dealkylation sites (N-methyl/N-ethyl adjacent to an activating group) is 1. The number of hydrogen-bond donors (Lipinski definition) is 0. The lowest BCUT2D eigenvalue weighted by Gasteiger charge is -2.01. The fraction of sp³-hybridized carbons (Fsp3) is 0.700. The first-order valence-corrected chi connectivity index (χ1v) is 4.31. The zero-order chi connectivity index (χ0) is 8.53. The van der Waals surface area contributed by atoms with Crippen LogP contribution >= 0.6 is 0 Å². The molecule has 0 atom stereocenters. The van der Waals surface area contributed by atoms with Gasteiger partial charge in [0.15, 0.2) is 0 Å². The van der Waals surface area contributed by atoms with Crippen LogP contribution in [0.4, 0.5) is 0 Å². The maximum atomic E-state index is 3.16. The van der Waals surface area contributed by atoms with Crippen LogP contribution in [0.3, 0.4) is 0 Å². The molecule has 0 aliphatic carbocycles. The minimum Gasteiger partial charge on any atom is -0.305 e. The molecule has 0 aromatic rings. The first-order valence-electron chi connectivity index (χ1n) is 4.31. The van der Waals surface area contributed by atoms with Gasteiger partial charge in [0.2, 0.25) is 0 Å². The van der Waals surface area contributed by atoms with Crippen LogP contribution < -0.4 is 0 Å². The van der Waals surface area contributed by atoms with E-state index in [1.165, 1.54) is 19.3 Å². The van der Waals surface area contributed by atoms with Crippen LogP contribution in [0, 0.1) is 0 Å². The highest BCUT2D eigenvalue weighted by atomic mass is 15.0. The van der Waals surface area contributed by atoms with E-state index in [1.54, 1.807) is 0 Å². The van der Waals surface area contributed by atoms with Crippen LogP contribution in [0.25, 0.3) is 0 Å². The zero-order valence-corrected chi connectivity index (χ0v) is 7.93. The second-order valence-corrected chi connectivity index (χ2v) is 2.98. The minimum absolute atomic E-state index is 0.989. The van der Waals surface area contributed by atoms with Gasteiger partial charge in [-0.3, -0.25) is 0 Å². The van der Waals surface area contributed by atoms with Gasteiger partial charge >= 0.3 is 0 Å². The van der Waals surface area contributed by atoms with Crippen molar-refractivity contribution in [1.82, 2.24) is 4.90 Å². The Bertz CT molecular complexity index is 130. The summed E-state index contributed by atoms with van der Waals surface area (Å²) in [4.78, 5) is 2.13. The van der Waals surface area contributed by atoms with Gasteiger partial charge in [-0.2, -0.15) is 0 Å². The maximum absolute atomic E-state index is 3.16. The summed E-state index contributed by atoms with van der Waals surface area (Å²) in [6.45, 7) is 3.19. The summed E-state index contributed by atoms with van der Waals surface area (Å²) >= 11 is 0. The third-order valence-corrected chi connectivity index (χ3v) is 1.39. The molecule has 0 aliphatic rings. The van der Waals surface area contributed by atoms with Gasteiger partial charge in [-0.25, -0.2) is 0 Å². The number of hydrogen-bond acceptors (Lipinski definition) is 1. The molecule has 0 rings (SSSR count). The fourth-order valence-corrected chi connectivity index (χ4v) is 0.708. The average molecular weight is 153 g/mol. The van der Waals surface area contributed by atoms with Gasteiger partial charge in [-0.15, -0.1) is 5.73 Å². The van der Waals surface area contributed by atoms with Crippen molar-refractivity contribution in [2.24, 2.45) is 0 Å². The predicted octanol–water partition coefficient (Wildman–Crippen LogP) is 2.45. The molecule has 1 nitrogen and oxygen atoms in total. The smallest absolute Gasteiger partial charge is 0.0232 e. The monoisotopic (exact) mass is 153 g/mol. The van der Waals surface area contributed by atoms with E-state index in [-0.39, 0.29) is 0 Å². The first kappa shape index (κ1) is 10.5. The van der Waals surface area contributed by atoms with E-state index in [4.69, 9.17) is 0 Å². The number of rotatable bonds is 5. The van der Waals surface area contributed by atoms with Crippen LogP contribution in [-0.4, -0.2) is 25.5 Å². The minimum atomic E-state index is 0.989. The Labute approximate surface area is 70.4 Å². The SMILES string of the molecule is CCCCC=C=CCN(C)C.